The van der Waals surface area contributed by atoms with Gasteiger partial charge in [0, 0.05) is 11.3 Å². The van der Waals surface area contributed by atoms with Gasteiger partial charge in [-0.1, -0.05) is 6.07 Å². The van der Waals surface area contributed by atoms with Crippen molar-refractivity contribution in [3.8, 4) is 0 Å². The molecule has 6 heteroatoms. The number of carboxylic acids is 1. The SMILES string of the molecule is CC1(OCC(=O)O)CN(C(=O)CCCc2cccs2)C1. The number of nitrogens with zero attached hydrogens (tertiary/aromatic N) is 1. The van der Waals surface area contributed by atoms with Gasteiger partial charge in [0.05, 0.1) is 13.1 Å². The van der Waals surface area contributed by atoms with Gasteiger partial charge in [0.1, 0.15) is 12.2 Å². The lowest BCUT2D eigenvalue weighted by Crippen LogP contribution is -2.63. The Hall–Kier alpha value is -1.40. The van der Waals surface area contributed by atoms with Crippen molar-refractivity contribution in [3.05, 3.63) is 22.4 Å². The van der Waals surface area contributed by atoms with Crippen LogP contribution < -0.4 is 0 Å². The van der Waals surface area contributed by atoms with Crippen LogP contribution >= 0.6 is 11.3 Å². The van der Waals surface area contributed by atoms with E-state index in [1.54, 1.807) is 16.2 Å². The molecule has 0 radical (unpaired) electrons. The third-order valence-corrected chi connectivity index (χ3v) is 4.28. The van der Waals surface area contributed by atoms with Crippen LogP contribution in [0.3, 0.4) is 0 Å². The highest BCUT2D eigenvalue weighted by atomic mass is 32.1. The largest absolute Gasteiger partial charge is 0.480 e. The third kappa shape index (κ3) is 4.05. The van der Waals surface area contributed by atoms with Gasteiger partial charge in [0.25, 0.3) is 0 Å². The summed E-state index contributed by atoms with van der Waals surface area (Å²) in [7, 11) is 0. The van der Waals surface area contributed by atoms with Gasteiger partial charge in [-0.15, -0.1) is 11.3 Å². The highest BCUT2D eigenvalue weighted by molar-refractivity contribution is 7.09. The lowest BCUT2D eigenvalue weighted by molar-refractivity contribution is -0.173. The van der Waals surface area contributed by atoms with E-state index in [4.69, 9.17) is 9.84 Å². The monoisotopic (exact) mass is 297 g/mol. The number of carbonyl (C=O) groups is 2. The molecule has 1 aromatic heterocycles. The molecular formula is C14H19NO4S. The minimum Gasteiger partial charge on any atom is -0.480 e. The lowest BCUT2D eigenvalue weighted by Gasteiger charge is -2.47. The van der Waals surface area contributed by atoms with Gasteiger partial charge in [-0.2, -0.15) is 0 Å². The molecule has 2 heterocycles. The minimum absolute atomic E-state index is 0.123. The Morgan fingerprint density at radius 3 is 2.85 bits per heavy atom. The van der Waals surface area contributed by atoms with Crippen LogP contribution in [0.5, 0.6) is 0 Å². The highest BCUT2D eigenvalue weighted by Gasteiger charge is 2.42. The normalized spacial score (nSPS) is 16.8. The quantitative estimate of drug-likeness (QED) is 0.833. The number of hydrogen-bond acceptors (Lipinski definition) is 4. The second kappa shape index (κ2) is 6.37. The first-order chi connectivity index (χ1) is 9.48. The van der Waals surface area contributed by atoms with Gasteiger partial charge in [-0.25, -0.2) is 4.79 Å². The van der Waals surface area contributed by atoms with Crippen LogP contribution in [0.15, 0.2) is 17.5 Å². The van der Waals surface area contributed by atoms with Crippen molar-refractivity contribution in [1.82, 2.24) is 4.90 Å². The van der Waals surface area contributed by atoms with Crippen molar-refractivity contribution < 1.29 is 19.4 Å². The molecule has 1 fully saturated rings. The smallest absolute Gasteiger partial charge is 0.329 e. The van der Waals surface area contributed by atoms with E-state index in [1.165, 1.54) is 4.88 Å². The highest BCUT2D eigenvalue weighted by Crippen LogP contribution is 2.25. The second-order valence-electron chi connectivity index (χ2n) is 5.32. The van der Waals surface area contributed by atoms with E-state index in [0.29, 0.717) is 19.5 Å². The number of aliphatic carboxylic acids is 1. The molecule has 0 atom stereocenters. The molecule has 0 bridgehead atoms. The van der Waals surface area contributed by atoms with Gasteiger partial charge in [0.2, 0.25) is 5.91 Å². The van der Waals surface area contributed by atoms with Gasteiger partial charge in [0.15, 0.2) is 0 Å². The third-order valence-electron chi connectivity index (χ3n) is 3.34. The molecule has 0 unspecified atom stereocenters. The number of carbonyl (C=O) groups excluding carboxylic acids is 1. The zero-order valence-corrected chi connectivity index (χ0v) is 12.3. The van der Waals surface area contributed by atoms with E-state index < -0.39 is 11.6 Å². The Labute approximate surface area is 122 Å². The Bertz CT molecular complexity index is 466. The first-order valence-electron chi connectivity index (χ1n) is 6.64. The lowest BCUT2D eigenvalue weighted by atomic mass is 9.95. The first kappa shape index (κ1) is 15.0. The predicted octanol–water partition coefficient (Wildman–Crippen LogP) is 1.77. The Kier molecular flexibility index (Phi) is 4.77. The van der Waals surface area contributed by atoms with E-state index in [9.17, 15) is 9.59 Å². The fourth-order valence-corrected chi connectivity index (χ4v) is 3.04. The zero-order chi connectivity index (χ0) is 14.6. The molecular weight excluding hydrogens is 278 g/mol. The summed E-state index contributed by atoms with van der Waals surface area (Å²) < 4.78 is 5.28. The Morgan fingerprint density at radius 1 is 1.50 bits per heavy atom. The number of amides is 1. The van der Waals surface area contributed by atoms with Crippen LogP contribution in [0, 0.1) is 0 Å². The number of hydrogen-bond donors (Lipinski definition) is 1. The van der Waals surface area contributed by atoms with E-state index in [-0.39, 0.29) is 12.5 Å². The van der Waals surface area contributed by atoms with Crippen molar-refractivity contribution in [2.45, 2.75) is 31.8 Å². The molecule has 0 aromatic carbocycles. The van der Waals surface area contributed by atoms with Crippen LogP contribution in [0.2, 0.25) is 0 Å². The molecule has 1 N–H and O–H groups in total. The van der Waals surface area contributed by atoms with Crippen molar-refractivity contribution >= 4 is 23.2 Å². The summed E-state index contributed by atoms with van der Waals surface area (Å²) in [6.07, 6.45) is 2.32. The molecule has 1 aliphatic heterocycles. The van der Waals surface area contributed by atoms with Crippen LogP contribution in [0.1, 0.15) is 24.6 Å². The fraction of sp³-hybridized carbons (Fsp3) is 0.571. The van der Waals surface area contributed by atoms with Gasteiger partial charge < -0.3 is 14.7 Å². The summed E-state index contributed by atoms with van der Waals surface area (Å²) >= 11 is 1.71. The molecule has 1 saturated heterocycles. The number of rotatable bonds is 7. The number of ether oxygens (including phenoxy) is 1. The molecule has 0 spiro atoms. The molecule has 1 aliphatic rings. The number of thiophene rings is 1. The topological polar surface area (TPSA) is 66.8 Å². The van der Waals surface area contributed by atoms with Crippen molar-refractivity contribution in [2.75, 3.05) is 19.7 Å². The van der Waals surface area contributed by atoms with Crippen LogP contribution in [0.25, 0.3) is 0 Å². The molecule has 20 heavy (non-hydrogen) atoms. The van der Waals surface area contributed by atoms with Crippen LogP contribution in [-0.4, -0.2) is 47.2 Å². The summed E-state index contributed by atoms with van der Waals surface area (Å²) in [4.78, 5) is 25.4. The van der Waals surface area contributed by atoms with Gasteiger partial charge in [-0.3, -0.25) is 4.79 Å². The first-order valence-corrected chi connectivity index (χ1v) is 7.52. The molecule has 0 aliphatic carbocycles. The zero-order valence-electron chi connectivity index (χ0n) is 11.5. The number of aryl methyl sites for hydroxylation is 1. The summed E-state index contributed by atoms with van der Waals surface area (Å²) in [6, 6.07) is 4.10. The van der Waals surface area contributed by atoms with Crippen molar-refractivity contribution in [3.63, 3.8) is 0 Å². The van der Waals surface area contributed by atoms with Gasteiger partial charge >= 0.3 is 5.97 Å². The van der Waals surface area contributed by atoms with E-state index >= 15 is 0 Å². The van der Waals surface area contributed by atoms with E-state index in [2.05, 4.69) is 6.07 Å². The number of likely N-dealkylation sites (tertiary alicyclic amines) is 1. The maximum absolute atomic E-state index is 11.9. The minimum atomic E-state index is -0.980. The van der Waals surface area contributed by atoms with Crippen LogP contribution in [-0.2, 0) is 20.7 Å². The molecule has 5 nitrogen and oxygen atoms in total. The molecule has 110 valence electrons. The van der Waals surface area contributed by atoms with Crippen molar-refractivity contribution in [1.29, 1.82) is 0 Å². The maximum Gasteiger partial charge on any atom is 0.329 e. The Morgan fingerprint density at radius 2 is 2.25 bits per heavy atom. The average Bonchev–Trinajstić information content (AvgIpc) is 2.86. The van der Waals surface area contributed by atoms with E-state index in [1.807, 2.05) is 18.4 Å². The second-order valence-corrected chi connectivity index (χ2v) is 6.35. The fourth-order valence-electron chi connectivity index (χ4n) is 2.29. The summed E-state index contributed by atoms with van der Waals surface area (Å²) in [6.45, 7) is 2.50. The van der Waals surface area contributed by atoms with Crippen LogP contribution in [0.4, 0.5) is 0 Å². The van der Waals surface area contributed by atoms with Gasteiger partial charge in [-0.05, 0) is 31.2 Å². The average molecular weight is 297 g/mol. The Balaban J connectivity index is 1.64. The molecule has 1 amide bonds. The molecule has 0 saturated carbocycles. The van der Waals surface area contributed by atoms with Crippen molar-refractivity contribution in [2.24, 2.45) is 0 Å². The maximum atomic E-state index is 11.9. The number of carboxylic acid groups (broad SMARTS) is 1. The molecule has 2 rings (SSSR count). The summed E-state index contributed by atoms with van der Waals surface area (Å²) in [5.41, 5.74) is -0.498. The summed E-state index contributed by atoms with van der Waals surface area (Å²) in [5.74, 6) is -0.857. The molecule has 1 aromatic rings. The van der Waals surface area contributed by atoms with E-state index in [0.717, 1.165) is 12.8 Å². The predicted molar refractivity (Wildman–Crippen MR) is 75.8 cm³/mol. The standard InChI is InChI=1S/C14H19NO4S/c1-14(19-8-13(17)18)9-15(10-14)12(16)6-2-4-11-5-3-7-20-11/h3,5,7H,2,4,6,8-10H2,1H3,(H,17,18). The summed E-state index contributed by atoms with van der Waals surface area (Å²) in [5, 5.41) is 10.6.